The molecule has 132 valence electrons. The van der Waals surface area contributed by atoms with Gasteiger partial charge in [0, 0.05) is 19.1 Å². The predicted octanol–water partition coefficient (Wildman–Crippen LogP) is 4.16. The van der Waals surface area contributed by atoms with Crippen LogP contribution in [0.4, 0.5) is 0 Å². The minimum absolute atomic E-state index is 0.211. The predicted molar refractivity (Wildman–Crippen MR) is 93.1 cm³/mol. The zero-order chi connectivity index (χ0) is 17.0. The lowest BCUT2D eigenvalue weighted by atomic mass is 9.58. The second-order valence-electron chi connectivity index (χ2n) is 10.1. The van der Waals surface area contributed by atoms with Gasteiger partial charge in [0.25, 0.3) is 0 Å². The maximum absolute atomic E-state index is 12.2. The lowest BCUT2D eigenvalue weighted by Gasteiger charge is -2.54. The molecule has 3 aliphatic rings. The van der Waals surface area contributed by atoms with Gasteiger partial charge in [-0.2, -0.15) is 0 Å². The van der Waals surface area contributed by atoms with E-state index in [1.165, 1.54) is 12.8 Å². The maximum Gasteiger partial charge on any atom is 0.219 e. The van der Waals surface area contributed by atoms with Crippen LogP contribution in [0, 0.1) is 28.1 Å². The van der Waals surface area contributed by atoms with Gasteiger partial charge in [-0.3, -0.25) is 4.79 Å². The highest BCUT2D eigenvalue weighted by Gasteiger charge is 2.68. The first-order valence-electron chi connectivity index (χ1n) is 9.51. The Hall–Kier alpha value is -0.570. The van der Waals surface area contributed by atoms with Crippen LogP contribution in [0.5, 0.6) is 0 Å². The Labute approximate surface area is 141 Å². The SMILES string of the molecule is CCC(=O)N[C@H]1C(C)(C)[C@@H]2C[C@@H]3[C@@H](CC(C)(C)C)OCCC31C2. The fourth-order valence-electron chi connectivity index (χ4n) is 5.98. The van der Waals surface area contributed by atoms with E-state index in [9.17, 15) is 4.79 Å². The van der Waals surface area contributed by atoms with Crippen molar-refractivity contribution in [2.75, 3.05) is 6.61 Å². The Kier molecular flexibility index (Phi) is 4.11. The summed E-state index contributed by atoms with van der Waals surface area (Å²) in [6.45, 7) is 14.5. The van der Waals surface area contributed by atoms with E-state index >= 15 is 0 Å². The maximum atomic E-state index is 12.2. The summed E-state index contributed by atoms with van der Waals surface area (Å²) in [6.07, 6.45) is 5.76. The molecule has 1 unspecified atom stereocenters. The van der Waals surface area contributed by atoms with E-state index in [4.69, 9.17) is 4.74 Å². The number of ether oxygens (including phenoxy) is 1. The van der Waals surface area contributed by atoms with Crippen LogP contribution in [-0.4, -0.2) is 24.7 Å². The van der Waals surface area contributed by atoms with Crippen molar-refractivity contribution < 1.29 is 9.53 Å². The molecule has 1 aliphatic heterocycles. The molecule has 1 spiro atoms. The summed E-state index contributed by atoms with van der Waals surface area (Å²) in [5.41, 5.74) is 0.779. The summed E-state index contributed by atoms with van der Waals surface area (Å²) >= 11 is 0. The molecule has 3 rings (SSSR count). The van der Waals surface area contributed by atoms with E-state index in [1.54, 1.807) is 0 Å². The van der Waals surface area contributed by atoms with Crippen LogP contribution in [-0.2, 0) is 9.53 Å². The number of fused-ring (bicyclic) bond motifs is 1. The van der Waals surface area contributed by atoms with Gasteiger partial charge in [-0.1, -0.05) is 41.5 Å². The molecule has 0 aromatic heterocycles. The zero-order valence-electron chi connectivity index (χ0n) is 15.9. The molecule has 0 radical (unpaired) electrons. The van der Waals surface area contributed by atoms with Crippen molar-refractivity contribution in [3.05, 3.63) is 0 Å². The fourth-order valence-corrected chi connectivity index (χ4v) is 5.98. The van der Waals surface area contributed by atoms with Crippen LogP contribution in [0.2, 0.25) is 0 Å². The van der Waals surface area contributed by atoms with Gasteiger partial charge in [0.05, 0.1) is 6.10 Å². The van der Waals surface area contributed by atoms with Crippen molar-refractivity contribution in [2.24, 2.45) is 28.1 Å². The average molecular weight is 322 g/mol. The molecule has 1 N–H and O–H groups in total. The molecule has 0 aromatic carbocycles. The van der Waals surface area contributed by atoms with Gasteiger partial charge in [-0.15, -0.1) is 0 Å². The van der Waals surface area contributed by atoms with Gasteiger partial charge in [0.15, 0.2) is 0 Å². The zero-order valence-corrected chi connectivity index (χ0v) is 15.9. The number of amides is 1. The molecule has 3 nitrogen and oxygen atoms in total. The summed E-state index contributed by atoms with van der Waals surface area (Å²) in [5, 5.41) is 3.43. The fraction of sp³-hybridized carbons (Fsp3) is 0.950. The molecule has 5 atom stereocenters. The molecule has 23 heavy (non-hydrogen) atoms. The monoisotopic (exact) mass is 321 g/mol. The van der Waals surface area contributed by atoms with Gasteiger partial charge in [-0.05, 0) is 53.8 Å². The van der Waals surface area contributed by atoms with Crippen LogP contribution in [0.1, 0.15) is 73.6 Å². The third kappa shape index (κ3) is 2.73. The van der Waals surface area contributed by atoms with E-state index in [-0.39, 0.29) is 16.7 Å². The molecule has 2 bridgehead atoms. The van der Waals surface area contributed by atoms with Crippen LogP contribution in [0.3, 0.4) is 0 Å². The van der Waals surface area contributed by atoms with E-state index in [2.05, 4.69) is 39.9 Å². The highest BCUT2D eigenvalue weighted by molar-refractivity contribution is 5.76. The van der Waals surface area contributed by atoms with Gasteiger partial charge in [0.2, 0.25) is 5.91 Å². The molecule has 1 amide bonds. The summed E-state index contributed by atoms with van der Waals surface area (Å²) in [7, 11) is 0. The first-order valence-corrected chi connectivity index (χ1v) is 9.51. The van der Waals surface area contributed by atoms with E-state index in [0.29, 0.717) is 29.9 Å². The van der Waals surface area contributed by atoms with Crippen LogP contribution in [0.25, 0.3) is 0 Å². The number of rotatable bonds is 3. The van der Waals surface area contributed by atoms with E-state index in [0.717, 1.165) is 25.4 Å². The van der Waals surface area contributed by atoms with Crippen molar-refractivity contribution in [1.82, 2.24) is 5.32 Å². The van der Waals surface area contributed by atoms with Gasteiger partial charge in [0.1, 0.15) is 0 Å². The Morgan fingerprint density at radius 1 is 1.30 bits per heavy atom. The number of carbonyl (C=O) groups is 1. The topological polar surface area (TPSA) is 38.3 Å². The number of nitrogens with one attached hydrogen (secondary N) is 1. The second kappa shape index (κ2) is 5.47. The average Bonchev–Trinajstić information content (AvgIpc) is 2.91. The highest BCUT2D eigenvalue weighted by atomic mass is 16.5. The molecule has 1 saturated heterocycles. The Bertz CT molecular complexity index is 479. The minimum Gasteiger partial charge on any atom is -0.378 e. The first-order chi connectivity index (χ1) is 10.6. The van der Waals surface area contributed by atoms with Crippen LogP contribution in [0.15, 0.2) is 0 Å². The van der Waals surface area contributed by atoms with E-state index in [1.807, 2.05) is 6.92 Å². The molecule has 2 saturated carbocycles. The number of carbonyl (C=O) groups excluding carboxylic acids is 1. The van der Waals surface area contributed by atoms with Gasteiger partial charge >= 0.3 is 0 Å². The summed E-state index contributed by atoms with van der Waals surface area (Å²) in [6, 6.07) is 0.317. The van der Waals surface area contributed by atoms with Crippen molar-refractivity contribution in [2.45, 2.75) is 85.8 Å². The van der Waals surface area contributed by atoms with Gasteiger partial charge < -0.3 is 10.1 Å². The Morgan fingerprint density at radius 2 is 2.00 bits per heavy atom. The Morgan fingerprint density at radius 3 is 2.61 bits per heavy atom. The second-order valence-corrected chi connectivity index (χ2v) is 10.1. The van der Waals surface area contributed by atoms with E-state index < -0.39 is 0 Å². The lowest BCUT2D eigenvalue weighted by molar-refractivity contribution is -0.140. The first kappa shape index (κ1) is 17.3. The molecular formula is C20H35NO2. The van der Waals surface area contributed by atoms with Crippen molar-refractivity contribution in [3.63, 3.8) is 0 Å². The minimum atomic E-state index is 0.211. The molecule has 0 aromatic rings. The third-order valence-corrected chi connectivity index (χ3v) is 7.06. The summed E-state index contributed by atoms with van der Waals surface area (Å²) < 4.78 is 6.25. The standard InChI is InChI=1S/C20H35NO2/c1-7-16(22)21-17-19(5,6)13-10-14-15(12-18(2,3)4)23-9-8-20(14,17)11-13/h13-15,17H,7-12H2,1-6H3,(H,21,22)/t13-,14-,15-,17+,20?/m1/s1. The quantitative estimate of drug-likeness (QED) is 0.847. The molecule has 3 heteroatoms. The normalized spacial score (nSPS) is 41.7. The largest absolute Gasteiger partial charge is 0.378 e. The molecular weight excluding hydrogens is 286 g/mol. The summed E-state index contributed by atoms with van der Waals surface area (Å²) in [4.78, 5) is 12.2. The molecule has 3 fully saturated rings. The smallest absolute Gasteiger partial charge is 0.219 e. The summed E-state index contributed by atoms with van der Waals surface area (Å²) in [5.74, 6) is 1.55. The lowest BCUT2D eigenvalue weighted by Crippen LogP contribution is -2.60. The van der Waals surface area contributed by atoms with Crippen molar-refractivity contribution in [3.8, 4) is 0 Å². The van der Waals surface area contributed by atoms with Gasteiger partial charge in [-0.25, -0.2) is 0 Å². The van der Waals surface area contributed by atoms with Crippen LogP contribution < -0.4 is 5.32 Å². The number of hydrogen-bond donors (Lipinski definition) is 1. The van der Waals surface area contributed by atoms with Crippen molar-refractivity contribution >= 4 is 5.91 Å². The van der Waals surface area contributed by atoms with Crippen molar-refractivity contribution in [1.29, 1.82) is 0 Å². The molecule has 1 heterocycles. The molecule has 2 aliphatic carbocycles. The number of hydrogen-bond acceptors (Lipinski definition) is 2. The van der Waals surface area contributed by atoms with Crippen LogP contribution >= 0.6 is 0 Å². The third-order valence-electron chi connectivity index (χ3n) is 7.06. The Balaban J connectivity index is 1.89. The highest BCUT2D eigenvalue weighted by Crippen LogP contribution is 2.69.